The number of nitrogens with one attached hydrogen (secondary N) is 1. The fourth-order valence-corrected chi connectivity index (χ4v) is 3.21. The normalized spacial score (nSPS) is 10.9. The molecule has 0 unspecified atom stereocenters. The molecule has 106 valence electrons. The quantitative estimate of drug-likeness (QED) is 0.704. The van der Waals surface area contributed by atoms with Crippen LogP contribution in [0.3, 0.4) is 0 Å². The smallest absolute Gasteiger partial charge is 0.163 e. The highest BCUT2D eigenvalue weighted by molar-refractivity contribution is 14.1. The minimum atomic E-state index is 0.348. The molecule has 1 N–H and O–H groups in total. The van der Waals surface area contributed by atoms with E-state index in [1.807, 2.05) is 6.07 Å². The Morgan fingerprint density at radius 1 is 1.30 bits per heavy atom. The van der Waals surface area contributed by atoms with Gasteiger partial charge in [-0.3, -0.25) is 4.98 Å². The van der Waals surface area contributed by atoms with Gasteiger partial charge in [-0.05, 0) is 57.4 Å². The average Bonchev–Trinajstić information content (AvgIpc) is 2.41. The second-order valence-corrected chi connectivity index (χ2v) is 6.67. The van der Waals surface area contributed by atoms with Crippen LogP contribution in [0.15, 0.2) is 22.9 Å². The predicted molar refractivity (Wildman–Crippen MR) is 93.9 cm³/mol. The average molecular weight is 447 g/mol. The summed E-state index contributed by atoms with van der Waals surface area (Å²) in [6, 6.07) is 1.98. The second-order valence-electron chi connectivity index (χ2n) is 4.67. The van der Waals surface area contributed by atoms with E-state index < -0.39 is 0 Å². The van der Waals surface area contributed by atoms with Crippen LogP contribution in [0.25, 0.3) is 11.4 Å². The van der Waals surface area contributed by atoms with Gasteiger partial charge in [-0.15, -0.1) is 0 Å². The van der Waals surface area contributed by atoms with E-state index in [-0.39, 0.29) is 0 Å². The molecule has 0 aromatic carbocycles. The number of halogens is 2. The first-order valence-electron chi connectivity index (χ1n) is 6.45. The number of nitrogens with zero attached hydrogens (tertiary/aromatic N) is 3. The molecular formula is C14H16BrIN4. The van der Waals surface area contributed by atoms with Gasteiger partial charge in [-0.1, -0.05) is 13.8 Å². The number of aromatic nitrogens is 3. The van der Waals surface area contributed by atoms with Gasteiger partial charge in [-0.25, -0.2) is 9.97 Å². The molecule has 0 fully saturated rings. The molecule has 20 heavy (non-hydrogen) atoms. The summed E-state index contributed by atoms with van der Waals surface area (Å²) in [5.74, 6) is 1.95. The van der Waals surface area contributed by atoms with Crippen LogP contribution in [-0.4, -0.2) is 21.5 Å². The third kappa shape index (κ3) is 3.46. The van der Waals surface area contributed by atoms with Crippen molar-refractivity contribution in [3.8, 4) is 11.4 Å². The van der Waals surface area contributed by atoms with E-state index in [1.165, 1.54) is 0 Å². The van der Waals surface area contributed by atoms with Gasteiger partial charge in [0.25, 0.3) is 0 Å². The van der Waals surface area contributed by atoms with Crippen LogP contribution in [0.1, 0.15) is 32.4 Å². The predicted octanol–water partition coefficient (Wildman–Crippen LogP) is 4.46. The molecule has 0 radical (unpaired) electrons. The maximum absolute atomic E-state index is 4.71. The van der Waals surface area contributed by atoms with E-state index in [0.29, 0.717) is 11.7 Å². The molecule has 6 heteroatoms. The Morgan fingerprint density at radius 2 is 2.05 bits per heavy atom. The van der Waals surface area contributed by atoms with Crippen LogP contribution in [0.5, 0.6) is 0 Å². The van der Waals surface area contributed by atoms with Crippen molar-refractivity contribution in [2.75, 3.05) is 11.9 Å². The topological polar surface area (TPSA) is 50.7 Å². The molecule has 0 atom stereocenters. The number of rotatable bonds is 4. The summed E-state index contributed by atoms with van der Waals surface area (Å²) in [5.41, 5.74) is 1.98. The number of anilines is 1. The van der Waals surface area contributed by atoms with Crippen molar-refractivity contribution in [3.63, 3.8) is 0 Å². The molecule has 0 aliphatic heterocycles. The van der Waals surface area contributed by atoms with Gasteiger partial charge >= 0.3 is 0 Å². The lowest BCUT2D eigenvalue weighted by atomic mass is 10.1. The minimum Gasteiger partial charge on any atom is -0.369 e. The molecule has 0 aliphatic rings. The zero-order valence-corrected chi connectivity index (χ0v) is 15.4. The maximum Gasteiger partial charge on any atom is 0.163 e. The SMILES string of the molecule is CCNc1nc(-c2cncc(Br)c2)nc(C(C)C)c1I. The highest BCUT2D eigenvalue weighted by atomic mass is 127. The molecule has 0 bridgehead atoms. The zero-order chi connectivity index (χ0) is 14.7. The first kappa shape index (κ1) is 15.6. The van der Waals surface area contributed by atoms with E-state index in [4.69, 9.17) is 4.98 Å². The number of hydrogen-bond donors (Lipinski definition) is 1. The maximum atomic E-state index is 4.71. The van der Waals surface area contributed by atoms with Gasteiger partial charge in [0.1, 0.15) is 5.82 Å². The Hall–Kier alpha value is -0.760. The van der Waals surface area contributed by atoms with E-state index in [9.17, 15) is 0 Å². The van der Waals surface area contributed by atoms with Crippen LogP contribution in [-0.2, 0) is 0 Å². The molecule has 2 rings (SSSR count). The van der Waals surface area contributed by atoms with Crippen molar-refractivity contribution < 1.29 is 0 Å². The van der Waals surface area contributed by atoms with E-state index >= 15 is 0 Å². The van der Waals surface area contributed by atoms with Gasteiger partial charge in [-0.2, -0.15) is 0 Å². The monoisotopic (exact) mass is 446 g/mol. The molecule has 0 amide bonds. The molecule has 0 aliphatic carbocycles. The fraction of sp³-hybridized carbons (Fsp3) is 0.357. The fourth-order valence-electron chi connectivity index (χ4n) is 1.79. The lowest BCUT2D eigenvalue weighted by Gasteiger charge is -2.14. The molecule has 0 spiro atoms. The largest absolute Gasteiger partial charge is 0.369 e. The van der Waals surface area contributed by atoms with Crippen LogP contribution in [0.2, 0.25) is 0 Å². The molecule has 0 saturated heterocycles. The Labute approximate surface area is 141 Å². The first-order valence-corrected chi connectivity index (χ1v) is 8.32. The first-order chi connectivity index (χ1) is 9.52. The summed E-state index contributed by atoms with van der Waals surface area (Å²) in [7, 11) is 0. The molecule has 4 nitrogen and oxygen atoms in total. The van der Waals surface area contributed by atoms with Gasteiger partial charge < -0.3 is 5.32 Å². The van der Waals surface area contributed by atoms with Crippen LogP contribution in [0.4, 0.5) is 5.82 Å². The molecule has 0 saturated carbocycles. The van der Waals surface area contributed by atoms with E-state index in [0.717, 1.165) is 31.7 Å². The summed E-state index contributed by atoms with van der Waals surface area (Å²) in [4.78, 5) is 13.5. The third-order valence-corrected chi connectivity index (χ3v) is 4.23. The lowest BCUT2D eigenvalue weighted by Crippen LogP contribution is -2.09. The lowest BCUT2D eigenvalue weighted by molar-refractivity contribution is 0.808. The zero-order valence-electron chi connectivity index (χ0n) is 11.6. The van der Waals surface area contributed by atoms with Gasteiger partial charge in [0, 0.05) is 29.0 Å². The summed E-state index contributed by atoms with van der Waals surface area (Å²) >= 11 is 5.75. The second kappa shape index (κ2) is 6.80. The third-order valence-electron chi connectivity index (χ3n) is 2.73. The summed E-state index contributed by atoms with van der Waals surface area (Å²) < 4.78 is 2.01. The van der Waals surface area contributed by atoms with Gasteiger partial charge in [0.2, 0.25) is 0 Å². The Balaban J connectivity index is 2.58. The molecule has 2 heterocycles. The Bertz CT molecular complexity index is 616. The van der Waals surface area contributed by atoms with E-state index in [1.54, 1.807) is 12.4 Å². The summed E-state index contributed by atoms with van der Waals surface area (Å²) in [6.07, 6.45) is 3.54. The molecule has 2 aromatic heterocycles. The Morgan fingerprint density at radius 3 is 2.65 bits per heavy atom. The van der Waals surface area contributed by atoms with Crippen LogP contribution < -0.4 is 5.32 Å². The van der Waals surface area contributed by atoms with Crippen LogP contribution in [0, 0.1) is 3.57 Å². The standard InChI is InChI=1S/C14H16BrIN4/c1-4-18-14-11(16)12(8(2)3)19-13(20-14)9-5-10(15)7-17-6-9/h5-8H,4H2,1-3H3,(H,18,19,20). The number of hydrogen-bond acceptors (Lipinski definition) is 4. The summed E-state index contributed by atoms with van der Waals surface area (Å²) in [5, 5.41) is 3.31. The van der Waals surface area contributed by atoms with Gasteiger partial charge in [0.05, 0.1) is 9.26 Å². The van der Waals surface area contributed by atoms with Gasteiger partial charge in [0.15, 0.2) is 5.82 Å². The number of pyridine rings is 1. The highest BCUT2D eigenvalue weighted by Crippen LogP contribution is 2.28. The van der Waals surface area contributed by atoms with Crippen molar-refractivity contribution in [1.29, 1.82) is 0 Å². The van der Waals surface area contributed by atoms with Crippen molar-refractivity contribution in [3.05, 3.63) is 32.2 Å². The molecular weight excluding hydrogens is 431 g/mol. The minimum absolute atomic E-state index is 0.348. The summed E-state index contributed by atoms with van der Waals surface area (Å²) in [6.45, 7) is 7.18. The van der Waals surface area contributed by atoms with Crippen molar-refractivity contribution >= 4 is 44.3 Å². The van der Waals surface area contributed by atoms with Crippen molar-refractivity contribution in [2.24, 2.45) is 0 Å². The molecule has 2 aromatic rings. The van der Waals surface area contributed by atoms with E-state index in [2.05, 4.69) is 74.6 Å². The van der Waals surface area contributed by atoms with Crippen molar-refractivity contribution in [2.45, 2.75) is 26.7 Å². The Kier molecular flexibility index (Phi) is 5.31. The van der Waals surface area contributed by atoms with Crippen LogP contribution >= 0.6 is 38.5 Å². The highest BCUT2D eigenvalue weighted by Gasteiger charge is 2.15. The van der Waals surface area contributed by atoms with Crippen molar-refractivity contribution in [1.82, 2.24) is 15.0 Å².